The molecule has 1 fully saturated rings. The minimum absolute atomic E-state index is 0.00327. The molecule has 1 saturated heterocycles. The second kappa shape index (κ2) is 8.58. The number of hydrogen-bond donors (Lipinski definition) is 1. The fourth-order valence-electron chi connectivity index (χ4n) is 3.53. The molecule has 1 amide bonds. The SMILES string of the molecule is COc1ccccc1C1(CNC(=O)c2ccc(Cl)c([N+](=O)[O-])c2)CCOCC1. The second-order valence-corrected chi connectivity index (χ2v) is 7.11. The largest absolute Gasteiger partial charge is 0.496 e. The van der Waals surface area contributed by atoms with Gasteiger partial charge in [0.25, 0.3) is 11.6 Å². The van der Waals surface area contributed by atoms with E-state index >= 15 is 0 Å². The van der Waals surface area contributed by atoms with Gasteiger partial charge in [0.2, 0.25) is 0 Å². The highest BCUT2D eigenvalue weighted by atomic mass is 35.5. The van der Waals surface area contributed by atoms with E-state index in [1.165, 1.54) is 18.2 Å². The van der Waals surface area contributed by atoms with Gasteiger partial charge in [-0.1, -0.05) is 29.8 Å². The molecule has 0 aromatic heterocycles. The minimum atomic E-state index is -0.603. The molecule has 1 aliphatic heterocycles. The summed E-state index contributed by atoms with van der Waals surface area (Å²) in [5.41, 5.74) is 0.583. The van der Waals surface area contributed by atoms with Crippen LogP contribution in [0.15, 0.2) is 42.5 Å². The predicted molar refractivity (Wildman–Crippen MR) is 105 cm³/mol. The van der Waals surface area contributed by atoms with Crippen molar-refractivity contribution in [2.75, 3.05) is 26.9 Å². The summed E-state index contributed by atoms with van der Waals surface area (Å²) in [6.45, 7) is 1.53. The van der Waals surface area contributed by atoms with Crippen LogP contribution in [0, 0.1) is 10.1 Å². The molecule has 0 radical (unpaired) electrons. The fourth-order valence-corrected chi connectivity index (χ4v) is 3.72. The van der Waals surface area contributed by atoms with Crippen molar-refractivity contribution in [2.45, 2.75) is 18.3 Å². The van der Waals surface area contributed by atoms with Crippen molar-refractivity contribution in [1.82, 2.24) is 5.32 Å². The molecule has 3 rings (SSSR count). The normalized spacial score (nSPS) is 15.6. The molecule has 0 bridgehead atoms. The number of halogens is 1. The summed E-state index contributed by atoms with van der Waals surface area (Å²) in [4.78, 5) is 23.1. The molecule has 0 saturated carbocycles. The van der Waals surface area contributed by atoms with Gasteiger partial charge in [-0.2, -0.15) is 0 Å². The van der Waals surface area contributed by atoms with Crippen molar-refractivity contribution in [3.63, 3.8) is 0 Å². The Balaban J connectivity index is 1.84. The summed E-state index contributed by atoms with van der Waals surface area (Å²) in [5.74, 6) is 0.376. The number of methoxy groups -OCH3 is 1. The zero-order valence-electron chi connectivity index (χ0n) is 15.4. The Kier molecular flexibility index (Phi) is 6.16. The molecule has 1 aliphatic rings. The maximum Gasteiger partial charge on any atom is 0.288 e. The number of benzene rings is 2. The van der Waals surface area contributed by atoms with Crippen LogP contribution >= 0.6 is 11.6 Å². The number of rotatable bonds is 6. The minimum Gasteiger partial charge on any atom is -0.496 e. The van der Waals surface area contributed by atoms with Gasteiger partial charge in [0, 0.05) is 42.4 Å². The summed E-state index contributed by atoms with van der Waals surface area (Å²) in [5, 5.41) is 14.0. The molecule has 2 aromatic rings. The van der Waals surface area contributed by atoms with Crippen LogP contribution in [0.2, 0.25) is 5.02 Å². The summed E-state index contributed by atoms with van der Waals surface area (Å²) in [6.07, 6.45) is 1.46. The van der Waals surface area contributed by atoms with Crippen molar-refractivity contribution in [2.24, 2.45) is 0 Å². The van der Waals surface area contributed by atoms with E-state index in [1.54, 1.807) is 7.11 Å². The first-order valence-corrected chi connectivity index (χ1v) is 9.28. The van der Waals surface area contributed by atoms with Crippen LogP contribution in [0.4, 0.5) is 5.69 Å². The topological polar surface area (TPSA) is 90.7 Å². The smallest absolute Gasteiger partial charge is 0.288 e. The molecule has 28 heavy (non-hydrogen) atoms. The molecular weight excluding hydrogens is 384 g/mol. The predicted octanol–water partition coefficient (Wildman–Crippen LogP) is 3.74. The first kappa shape index (κ1) is 20.1. The Morgan fingerprint density at radius 1 is 1.29 bits per heavy atom. The highest BCUT2D eigenvalue weighted by Crippen LogP contribution is 2.39. The van der Waals surface area contributed by atoms with E-state index in [0.29, 0.717) is 19.8 Å². The number of hydrogen-bond acceptors (Lipinski definition) is 5. The first-order valence-electron chi connectivity index (χ1n) is 8.90. The molecule has 1 heterocycles. The summed E-state index contributed by atoms with van der Waals surface area (Å²) >= 11 is 5.83. The van der Waals surface area contributed by atoms with E-state index in [0.717, 1.165) is 24.2 Å². The maximum absolute atomic E-state index is 12.7. The number of nitrogens with one attached hydrogen (secondary N) is 1. The van der Waals surface area contributed by atoms with Crippen LogP contribution in [0.5, 0.6) is 5.75 Å². The van der Waals surface area contributed by atoms with Crippen molar-refractivity contribution < 1.29 is 19.2 Å². The Morgan fingerprint density at radius 2 is 2.00 bits per heavy atom. The third kappa shape index (κ3) is 4.10. The van der Waals surface area contributed by atoms with Crippen molar-refractivity contribution in [1.29, 1.82) is 0 Å². The monoisotopic (exact) mass is 404 g/mol. The molecule has 2 aromatic carbocycles. The number of nitro groups is 1. The molecule has 0 spiro atoms. The lowest BCUT2D eigenvalue weighted by atomic mass is 9.73. The molecular formula is C20H21ClN2O5. The third-order valence-corrected chi connectivity index (χ3v) is 5.44. The average molecular weight is 405 g/mol. The van der Waals surface area contributed by atoms with Crippen LogP contribution < -0.4 is 10.1 Å². The summed E-state index contributed by atoms with van der Waals surface area (Å²) in [7, 11) is 1.62. The lowest BCUT2D eigenvalue weighted by Gasteiger charge is -2.38. The van der Waals surface area contributed by atoms with Crippen LogP contribution in [0.25, 0.3) is 0 Å². The number of nitro benzene ring substituents is 1. The molecule has 1 N–H and O–H groups in total. The molecule has 0 aliphatic carbocycles. The Morgan fingerprint density at radius 3 is 2.68 bits per heavy atom. The lowest BCUT2D eigenvalue weighted by molar-refractivity contribution is -0.384. The van der Waals surface area contributed by atoms with Gasteiger partial charge in [0.15, 0.2) is 0 Å². The Bertz CT molecular complexity index is 881. The van der Waals surface area contributed by atoms with E-state index in [1.807, 2.05) is 24.3 Å². The highest BCUT2D eigenvalue weighted by molar-refractivity contribution is 6.32. The second-order valence-electron chi connectivity index (χ2n) is 6.70. The molecule has 7 nitrogen and oxygen atoms in total. The van der Waals surface area contributed by atoms with Crippen LogP contribution in [-0.4, -0.2) is 37.7 Å². The molecule has 0 atom stereocenters. The van der Waals surface area contributed by atoms with Gasteiger partial charge >= 0.3 is 0 Å². The van der Waals surface area contributed by atoms with E-state index in [-0.39, 0.29) is 27.6 Å². The fraction of sp³-hybridized carbons (Fsp3) is 0.350. The van der Waals surface area contributed by atoms with Gasteiger partial charge in [-0.3, -0.25) is 14.9 Å². The molecule has 148 valence electrons. The van der Waals surface area contributed by atoms with Crippen LogP contribution in [0.1, 0.15) is 28.8 Å². The lowest BCUT2D eigenvalue weighted by Crippen LogP contribution is -2.44. The van der Waals surface area contributed by atoms with Gasteiger partial charge in [-0.25, -0.2) is 0 Å². The van der Waals surface area contributed by atoms with Crippen molar-refractivity contribution >= 4 is 23.2 Å². The number of nitrogens with zero attached hydrogens (tertiary/aromatic N) is 1. The maximum atomic E-state index is 12.7. The number of carbonyl (C=O) groups excluding carboxylic acids is 1. The third-order valence-electron chi connectivity index (χ3n) is 5.12. The quantitative estimate of drug-likeness (QED) is 0.585. The highest BCUT2D eigenvalue weighted by Gasteiger charge is 2.37. The number of carbonyl (C=O) groups is 1. The Labute approximate surface area is 167 Å². The number of ether oxygens (including phenoxy) is 2. The van der Waals surface area contributed by atoms with Gasteiger partial charge in [0.1, 0.15) is 10.8 Å². The van der Waals surface area contributed by atoms with Crippen LogP contribution in [0.3, 0.4) is 0 Å². The van der Waals surface area contributed by atoms with Crippen molar-refractivity contribution in [3.05, 3.63) is 68.7 Å². The zero-order chi connectivity index (χ0) is 20.1. The van der Waals surface area contributed by atoms with Gasteiger partial charge < -0.3 is 14.8 Å². The number of amides is 1. The summed E-state index contributed by atoms with van der Waals surface area (Å²) < 4.78 is 11.1. The van der Waals surface area contributed by atoms with E-state index in [2.05, 4.69) is 5.32 Å². The van der Waals surface area contributed by atoms with Gasteiger partial charge in [-0.05, 0) is 31.0 Å². The van der Waals surface area contributed by atoms with Crippen molar-refractivity contribution in [3.8, 4) is 5.75 Å². The first-order chi connectivity index (χ1) is 13.5. The summed E-state index contributed by atoms with van der Waals surface area (Å²) in [6, 6.07) is 11.8. The van der Waals surface area contributed by atoms with E-state index < -0.39 is 4.92 Å². The van der Waals surface area contributed by atoms with E-state index in [9.17, 15) is 14.9 Å². The van der Waals surface area contributed by atoms with Gasteiger partial charge in [0.05, 0.1) is 12.0 Å². The molecule has 8 heteroatoms. The van der Waals surface area contributed by atoms with Crippen LogP contribution in [-0.2, 0) is 10.2 Å². The Hall–Kier alpha value is -2.64. The zero-order valence-corrected chi connectivity index (χ0v) is 16.2. The standard InChI is InChI=1S/C20H21ClN2O5/c1-27-18-5-3-2-4-15(18)20(8-10-28-11-9-20)13-22-19(24)14-6-7-16(21)17(12-14)23(25)26/h2-7,12H,8-11,13H2,1H3,(H,22,24). The van der Waals surface area contributed by atoms with Gasteiger partial charge in [-0.15, -0.1) is 0 Å². The number of para-hydroxylation sites is 1. The average Bonchev–Trinajstić information content (AvgIpc) is 2.72. The van der Waals surface area contributed by atoms with E-state index in [4.69, 9.17) is 21.1 Å². The molecule has 0 unspecified atom stereocenters.